The maximum absolute atomic E-state index is 14.3. The minimum atomic E-state index is -0.687. The molecule has 162 valence electrons. The van der Waals surface area contributed by atoms with Crippen molar-refractivity contribution in [1.82, 2.24) is 15.3 Å². The summed E-state index contributed by atoms with van der Waals surface area (Å²) in [4.78, 5) is 20.9. The molecular formula is C23H24F2N4O2. The molecule has 1 aromatic carbocycles. The summed E-state index contributed by atoms with van der Waals surface area (Å²) in [6.07, 6.45) is 3.88. The molecule has 0 fully saturated rings. The number of anilines is 2. The maximum atomic E-state index is 14.3. The molecule has 0 radical (unpaired) electrons. The quantitative estimate of drug-likeness (QED) is 0.521. The van der Waals surface area contributed by atoms with E-state index >= 15 is 0 Å². The second kappa shape index (κ2) is 9.61. The lowest BCUT2D eigenvalue weighted by Gasteiger charge is -2.18. The zero-order chi connectivity index (χ0) is 22.5. The average Bonchev–Trinajstić information content (AvgIpc) is 2.74. The lowest BCUT2D eigenvalue weighted by atomic mass is 10.0. The largest absolute Gasteiger partial charge is 0.392 e. The lowest BCUT2D eigenvalue weighted by molar-refractivity contribution is 0.0924. The summed E-state index contributed by atoms with van der Waals surface area (Å²) in [5.74, 6) is -1.46. The number of hydrogen-bond donors (Lipinski definition) is 3. The molecule has 31 heavy (non-hydrogen) atoms. The number of carbonyl (C=O) groups excluding carboxylic acids is 1. The van der Waals surface area contributed by atoms with Crippen LogP contribution in [0.5, 0.6) is 0 Å². The number of aromatic nitrogens is 2. The third-order valence-corrected chi connectivity index (χ3v) is 4.65. The lowest BCUT2D eigenvalue weighted by Crippen LogP contribution is -2.31. The van der Waals surface area contributed by atoms with E-state index in [1.165, 1.54) is 12.4 Å². The van der Waals surface area contributed by atoms with Crippen LogP contribution >= 0.6 is 0 Å². The fraction of sp³-hybridized carbons (Fsp3) is 0.261. The molecule has 0 aliphatic rings. The SMILES string of the molecule is CC(O)CNC(=O)c1cnccc1Nc1cc(-c2cc(F)ccc2F)ncc1C(C)C. The third kappa shape index (κ3) is 5.40. The van der Waals surface area contributed by atoms with Gasteiger partial charge in [0.05, 0.1) is 23.0 Å². The molecule has 3 N–H and O–H groups in total. The van der Waals surface area contributed by atoms with Crippen molar-refractivity contribution in [2.45, 2.75) is 32.8 Å². The Bertz CT molecular complexity index is 1090. The van der Waals surface area contributed by atoms with Crippen LogP contribution in [-0.4, -0.2) is 33.6 Å². The second-order valence-corrected chi connectivity index (χ2v) is 7.54. The molecule has 3 aromatic rings. The van der Waals surface area contributed by atoms with Crippen molar-refractivity contribution in [2.24, 2.45) is 0 Å². The first-order valence-corrected chi connectivity index (χ1v) is 9.89. The maximum Gasteiger partial charge on any atom is 0.255 e. The van der Waals surface area contributed by atoms with Crippen molar-refractivity contribution in [1.29, 1.82) is 0 Å². The van der Waals surface area contributed by atoms with Gasteiger partial charge in [-0.1, -0.05) is 13.8 Å². The van der Waals surface area contributed by atoms with Gasteiger partial charge >= 0.3 is 0 Å². The highest BCUT2D eigenvalue weighted by atomic mass is 19.1. The van der Waals surface area contributed by atoms with Crippen LogP contribution in [0.4, 0.5) is 20.2 Å². The first-order valence-electron chi connectivity index (χ1n) is 9.89. The smallest absolute Gasteiger partial charge is 0.255 e. The number of hydrogen-bond acceptors (Lipinski definition) is 5. The normalized spacial score (nSPS) is 12.0. The Morgan fingerprint density at radius 1 is 1.10 bits per heavy atom. The molecule has 2 heterocycles. The predicted molar refractivity (Wildman–Crippen MR) is 115 cm³/mol. The Balaban J connectivity index is 2.01. The Morgan fingerprint density at radius 3 is 2.58 bits per heavy atom. The molecule has 0 bridgehead atoms. The van der Waals surface area contributed by atoms with Crippen LogP contribution in [0.2, 0.25) is 0 Å². The molecule has 0 saturated carbocycles. The van der Waals surface area contributed by atoms with Crippen molar-refractivity contribution in [3.05, 3.63) is 71.7 Å². The molecule has 2 aromatic heterocycles. The van der Waals surface area contributed by atoms with Crippen LogP contribution in [0.1, 0.15) is 42.6 Å². The first kappa shape index (κ1) is 22.3. The minimum Gasteiger partial charge on any atom is -0.392 e. The van der Waals surface area contributed by atoms with Crippen molar-refractivity contribution in [2.75, 3.05) is 11.9 Å². The Morgan fingerprint density at radius 2 is 1.87 bits per heavy atom. The summed E-state index contributed by atoms with van der Waals surface area (Å²) in [5.41, 5.74) is 2.53. The molecule has 1 unspecified atom stereocenters. The van der Waals surface area contributed by atoms with Crippen molar-refractivity contribution < 1.29 is 18.7 Å². The monoisotopic (exact) mass is 426 g/mol. The standard InChI is InChI=1S/C23H24F2N4O2/c1-13(2)17-12-27-21(16-8-15(24)4-5-19(16)25)9-22(17)29-20-6-7-26-11-18(20)23(31)28-10-14(3)30/h4-9,11-14,30H,10H2,1-3H3,(H,28,31)(H,26,27,29). The van der Waals surface area contributed by atoms with E-state index in [1.807, 2.05) is 13.8 Å². The molecule has 0 spiro atoms. The highest BCUT2D eigenvalue weighted by Crippen LogP contribution is 2.32. The highest BCUT2D eigenvalue weighted by molar-refractivity contribution is 6.00. The molecule has 0 aliphatic carbocycles. The minimum absolute atomic E-state index is 0.0444. The number of amides is 1. The van der Waals surface area contributed by atoms with Crippen LogP contribution in [0.25, 0.3) is 11.3 Å². The fourth-order valence-electron chi connectivity index (χ4n) is 3.04. The number of nitrogens with one attached hydrogen (secondary N) is 2. The van der Waals surface area contributed by atoms with E-state index in [2.05, 4.69) is 20.6 Å². The van der Waals surface area contributed by atoms with Crippen LogP contribution < -0.4 is 10.6 Å². The third-order valence-electron chi connectivity index (χ3n) is 4.65. The molecular weight excluding hydrogens is 402 g/mol. The summed E-state index contributed by atoms with van der Waals surface area (Å²) in [6, 6.07) is 6.48. The number of aliphatic hydroxyl groups is 1. The van der Waals surface area contributed by atoms with Gasteiger partial charge in [-0.15, -0.1) is 0 Å². The van der Waals surface area contributed by atoms with Gasteiger partial charge in [0.25, 0.3) is 5.91 Å². The predicted octanol–water partition coefficient (Wildman–Crippen LogP) is 4.40. The van der Waals surface area contributed by atoms with Crippen molar-refractivity contribution in [3.63, 3.8) is 0 Å². The summed E-state index contributed by atoms with van der Waals surface area (Å²) in [5, 5.41) is 15.3. The van der Waals surface area contributed by atoms with Crippen molar-refractivity contribution in [3.8, 4) is 11.3 Å². The molecule has 1 atom stereocenters. The number of pyridine rings is 2. The van der Waals surface area contributed by atoms with E-state index in [1.54, 1.807) is 25.3 Å². The average molecular weight is 426 g/mol. The number of nitrogens with zero attached hydrogens (tertiary/aromatic N) is 2. The molecule has 8 heteroatoms. The van der Waals surface area contributed by atoms with Crippen LogP contribution in [-0.2, 0) is 0 Å². The van der Waals surface area contributed by atoms with Crippen LogP contribution in [0.3, 0.4) is 0 Å². The van der Waals surface area contributed by atoms with Gasteiger partial charge in [0.1, 0.15) is 11.6 Å². The molecule has 0 aliphatic heterocycles. The molecule has 0 saturated heterocycles. The van der Waals surface area contributed by atoms with E-state index in [4.69, 9.17) is 0 Å². The Kier molecular flexibility index (Phi) is 6.91. The van der Waals surface area contributed by atoms with E-state index < -0.39 is 23.6 Å². The summed E-state index contributed by atoms with van der Waals surface area (Å²) < 4.78 is 28.0. The Hall–Kier alpha value is -3.39. The molecule has 6 nitrogen and oxygen atoms in total. The van der Waals surface area contributed by atoms with Gasteiger partial charge in [0.2, 0.25) is 0 Å². The highest BCUT2D eigenvalue weighted by Gasteiger charge is 2.17. The van der Waals surface area contributed by atoms with Gasteiger partial charge in [-0.3, -0.25) is 14.8 Å². The van der Waals surface area contributed by atoms with Gasteiger partial charge in [-0.25, -0.2) is 8.78 Å². The van der Waals surface area contributed by atoms with Gasteiger partial charge < -0.3 is 15.7 Å². The first-order chi connectivity index (χ1) is 14.8. The van der Waals surface area contributed by atoms with E-state index in [0.29, 0.717) is 11.4 Å². The van der Waals surface area contributed by atoms with Gasteiger partial charge in [-0.2, -0.15) is 0 Å². The second-order valence-electron chi connectivity index (χ2n) is 7.54. The molecule has 1 amide bonds. The zero-order valence-corrected chi connectivity index (χ0v) is 17.5. The molecule has 3 rings (SSSR count). The van der Waals surface area contributed by atoms with E-state index in [9.17, 15) is 18.7 Å². The number of aliphatic hydroxyl groups excluding tert-OH is 1. The zero-order valence-electron chi connectivity index (χ0n) is 17.5. The van der Waals surface area contributed by atoms with Crippen LogP contribution in [0.15, 0.2) is 48.9 Å². The number of benzene rings is 1. The van der Waals surface area contributed by atoms with Crippen LogP contribution in [0, 0.1) is 11.6 Å². The fourth-order valence-corrected chi connectivity index (χ4v) is 3.04. The Labute approximate surface area is 179 Å². The van der Waals surface area contributed by atoms with Gasteiger partial charge in [-0.05, 0) is 48.7 Å². The van der Waals surface area contributed by atoms with Gasteiger partial charge in [0, 0.05) is 36.4 Å². The van der Waals surface area contributed by atoms with E-state index in [-0.39, 0.29) is 29.3 Å². The van der Waals surface area contributed by atoms with Crippen molar-refractivity contribution >= 4 is 17.3 Å². The summed E-state index contributed by atoms with van der Waals surface area (Å²) in [7, 11) is 0. The summed E-state index contributed by atoms with van der Waals surface area (Å²) in [6.45, 7) is 5.63. The number of carbonyl (C=O) groups is 1. The number of halogens is 2. The number of rotatable bonds is 7. The van der Waals surface area contributed by atoms with E-state index in [0.717, 1.165) is 23.8 Å². The van der Waals surface area contributed by atoms with Gasteiger partial charge in [0.15, 0.2) is 0 Å². The topological polar surface area (TPSA) is 87.1 Å². The summed E-state index contributed by atoms with van der Waals surface area (Å²) >= 11 is 0.